The second-order valence-electron chi connectivity index (χ2n) is 6.65. The van der Waals surface area contributed by atoms with Crippen molar-refractivity contribution in [1.82, 2.24) is 5.32 Å². The summed E-state index contributed by atoms with van der Waals surface area (Å²) in [5, 5.41) is 18.0. The van der Waals surface area contributed by atoms with Crippen LogP contribution >= 0.6 is 22.9 Å². The number of amides is 1. The molecule has 0 saturated heterocycles. The molecule has 0 saturated carbocycles. The summed E-state index contributed by atoms with van der Waals surface area (Å²) in [6.45, 7) is 2.24. The highest BCUT2D eigenvalue weighted by Crippen LogP contribution is 2.44. The van der Waals surface area contributed by atoms with Gasteiger partial charge in [-0.15, -0.1) is 11.3 Å². The summed E-state index contributed by atoms with van der Waals surface area (Å²) >= 11 is 7.77. The summed E-state index contributed by atoms with van der Waals surface area (Å²) in [7, 11) is 1.47. The molecule has 2 aromatic rings. The van der Waals surface area contributed by atoms with Gasteiger partial charge in [-0.25, -0.2) is 0 Å². The normalized spacial score (nSPS) is 21.8. The van der Waals surface area contributed by atoms with E-state index in [1.165, 1.54) is 17.6 Å². The number of aromatic hydroxyl groups is 1. The first-order valence-corrected chi connectivity index (χ1v) is 9.45. The van der Waals surface area contributed by atoms with Crippen molar-refractivity contribution in [3.8, 4) is 11.5 Å². The number of rotatable bonds is 2. The van der Waals surface area contributed by atoms with E-state index in [0.717, 1.165) is 29.8 Å². The van der Waals surface area contributed by atoms with Gasteiger partial charge in [0.05, 0.1) is 12.7 Å². The van der Waals surface area contributed by atoms with Crippen LogP contribution in [0.5, 0.6) is 11.5 Å². The Morgan fingerprint density at radius 1 is 1.36 bits per heavy atom. The Bertz CT molecular complexity index is 864. The minimum absolute atomic E-state index is 0.0249. The van der Waals surface area contributed by atoms with Gasteiger partial charge in [-0.1, -0.05) is 18.5 Å². The summed E-state index contributed by atoms with van der Waals surface area (Å²) in [5.74, 6) is 0.795. The van der Waals surface area contributed by atoms with Gasteiger partial charge in [-0.3, -0.25) is 4.79 Å². The van der Waals surface area contributed by atoms with Gasteiger partial charge in [0.25, 0.3) is 5.91 Å². The SMILES string of the molecule is COc1cc(Cl)cc([C@H]2NC(=O)c3c(sc4c3CC[C@@H](C)C4)N2)c1O. The number of nitrogens with one attached hydrogen (secondary N) is 2. The Morgan fingerprint density at radius 2 is 2.16 bits per heavy atom. The highest BCUT2D eigenvalue weighted by Gasteiger charge is 2.34. The summed E-state index contributed by atoms with van der Waals surface area (Å²) in [4.78, 5) is 14.0. The molecule has 1 aromatic heterocycles. The molecular formula is C18H19ClN2O3S. The van der Waals surface area contributed by atoms with Crippen molar-refractivity contribution in [3.63, 3.8) is 0 Å². The van der Waals surface area contributed by atoms with E-state index in [4.69, 9.17) is 16.3 Å². The number of methoxy groups -OCH3 is 1. The predicted octanol–water partition coefficient (Wildman–Crippen LogP) is 4.09. The number of thiophene rings is 1. The molecule has 1 aliphatic carbocycles. The summed E-state index contributed by atoms with van der Waals surface area (Å²) in [5.41, 5.74) is 2.43. The number of carbonyl (C=O) groups is 1. The van der Waals surface area contributed by atoms with Crippen molar-refractivity contribution in [2.24, 2.45) is 5.92 Å². The van der Waals surface area contributed by atoms with Crippen LogP contribution in [0.25, 0.3) is 0 Å². The van der Waals surface area contributed by atoms with Gasteiger partial charge in [0.2, 0.25) is 0 Å². The number of carbonyl (C=O) groups excluding carboxylic acids is 1. The number of ether oxygens (including phenoxy) is 1. The summed E-state index contributed by atoms with van der Waals surface area (Å²) < 4.78 is 5.16. The zero-order valence-electron chi connectivity index (χ0n) is 14.0. The third-order valence-corrected chi connectivity index (χ3v) is 6.29. The maximum Gasteiger partial charge on any atom is 0.256 e. The van der Waals surface area contributed by atoms with Gasteiger partial charge < -0.3 is 20.5 Å². The molecule has 0 fully saturated rings. The number of benzene rings is 1. The van der Waals surface area contributed by atoms with E-state index in [0.29, 0.717) is 16.5 Å². The molecule has 0 unspecified atom stereocenters. The van der Waals surface area contributed by atoms with E-state index < -0.39 is 6.17 Å². The molecule has 5 nitrogen and oxygen atoms in total. The van der Waals surface area contributed by atoms with Crippen LogP contribution in [0.2, 0.25) is 5.02 Å². The van der Waals surface area contributed by atoms with Gasteiger partial charge in [0, 0.05) is 21.5 Å². The van der Waals surface area contributed by atoms with Gasteiger partial charge in [-0.2, -0.15) is 0 Å². The van der Waals surface area contributed by atoms with Crippen molar-refractivity contribution in [2.75, 3.05) is 12.4 Å². The van der Waals surface area contributed by atoms with Crippen molar-refractivity contribution in [1.29, 1.82) is 0 Å². The number of halogens is 1. The van der Waals surface area contributed by atoms with E-state index in [1.807, 2.05) is 0 Å². The standard InChI is InChI=1S/C18H19ClN2O3S/c1-8-3-4-10-13(5-8)25-18-14(10)17(23)20-16(21-18)11-6-9(19)7-12(24-2)15(11)22/h6-8,16,21-22H,3-5H2,1-2H3,(H,20,23)/t8-,16+/m1/s1. The third-order valence-electron chi connectivity index (χ3n) is 4.89. The summed E-state index contributed by atoms with van der Waals surface area (Å²) in [6, 6.07) is 3.18. The lowest BCUT2D eigenvalue weighted by atomic mass is 9.88. The molecule has 7 heteroatoms. The van der Waals surface area contributed by atoms with Crippen LogP contribution in [0.15, 0.2) is 12.1 Å². The Morgan fingerprint density at radius 3 is 2.92 bits per heavy atom. The lowest BCUT2D eigenvalue weighted by molar-refractivity contribution is 0.0934. The molecule has 2 aliphatic rings. The van der Waals surface area contributed by atoms with Crippen molar-refractivity contribution < 1.29 is 14.6 Å². The monoisotopic (exact) mass is 378 g/mol. The van der Waals surface area contributed by atoms with Gasteiger partial charge in [-0.05, 0) is 36.8 Å². The van der Waals surface area contributed by atoms with Crippen LogP contribution in [0, 0.1) is 5.92 Å². The highest BCUT2D eigenvalue weighted by molar-refractivity contribution is 7.16. The van der Waals surface area contributed by atoms with Crippen LogP contribution in [0.3, 0.4) is 0 Å². The molecular weight excluding hydrogens is 360 g/mol. The first-order chi connectivity index (χ1) is 12.0. The van der Waals surface area contributed by atoms with Gasteiger partial charge in [0.15, 0.2) is 11.5 Å². The fourth-order valence-electron chi connectivity index (χ4n) is 3.59. The Hall–Kier alpha value is -1.92. The average molecular weight is 379 g/mol. The molecule has 4 rings (SSSR count). The molecule has 0 bridgehead atoms. The molecule has 2 heterocycles. The first-order valence-electron chi connectivity index (χ1n) is 8.26. The smallest absolute Gasteiger partial charge is 0.256 e. The van der Waals surface area contributed by atoms with E-state index in [1.54, 1.807) is 23.5 Å². The van der Waals surface area contributed by atoms with E-state index in [-0.39, 0.29) is 17.4 Å². The molecule has 1 aliphatic heterocycles. The minimum atomic E-state index is -0.551. The van der Waals surface area contributed by atoms with Crippen molar-refractivity contribution >= 4 is 33.8 Å². The molecule has 1 aromatic carbocycles. The van der Waals surface area contributed by atoms with E-state index in [9.17, 15) is 9.90 Å². The van der Waals surface area contributed by atoms with Crippen LogP contribution in [-0.4, -0.2) is 18.1 Å². The number of anilines is 1. The van der Waals surface area contributed by atoms with E-state index >= 15 is 0 Å². The van der Waals surface area contributed by atoms with Crippen molar-refractivity contribution in [2.45, 2.75) is 32.4 Å². The number of hydrogen-bond donors (Lipinski definition) is 3. The van der Waals surface area contributed by atoms with Crippen molar-refractivity contribution in [3.05, 3.63) is 38.7 Å². The zero-order valence-corrected chi connectivity index (χ0v) is 15.6. The molecule has 2 atom stereocenters. The van der Waals surface area contributed by atoms with Gasteiger partial charge >= 0.3 is 0 Å². The molecule has 1 amide bonds. The number of fused-ring (bicyclic) bond motifs is 3. The highest BCUT2D eigenvalue weighted by atomic mass is 35.5. The minimum Gasteiger partial charge on any atom is -0.504 e. The van der Waals surface area contributed by atoms with Crippen LogP contribution in [0.1, 0.15) is 45.9 Å². The molecule has 3 N–H and O–H groups in total. The Balaban J connectivity index is 1.73. The van der Waals surface area contributed by atoms with E-state index in [2.05, 4.69) is 17.6 Å². The number of phenolic OH excluding ortho intramolecular Hbond substituents is 1. The van der Waals surface area contributed by atoms with Crippen LogP contribution in [-0.2, 0) is 12.8 Å². The molecule has 132 valence electrons. The quantitative estimate of drug-likeness (QED) is 0.736. The van der Waals surface area contributed by atoms with Crippen LogP contribution < -0.4 is 15.4 Å². The number of phenols is 1. The van der Waals surface area contributed by atoms with Gasteiger partial charge in [0.1, 0.15) is 11.2 Å². The second kappa shape index (κ2) is 6.11. The second-order valence-corrected chi connectivity index (χ2v) is 8.19. The Labute approximate surface area is 155 Å². The average Bonchev–Trinajstić information content (AvgIpc) is 2.94. The molecule has 0 radical (unpaired) electrons. The lowest BCUT2D eigenvalue weighted by Crippen LogP contribution is -2.38. The maximum absolute atomic E-state index is 12.7. The fourth-order valence-corrected chi connectivity index (χ4v) is 5.24. The molecule has 0 spiro atoms. The number of hydrogen-bond acceptors (Lipinski definition) is 5. The summed E-state index contributed by atoms with van der Waals surface area (Å²) in [6.07, 6.45) is 2.52. The largest absolute Gasteiger partial charge is 0.504 e. The fraction of sp³-hybridized carbons (Fsp3) is 0.389. The lowest BCUT2D eigenvalue weighted by Gasteiger charge is -2.28. The van der Waals surface area contributed by atoms with Crippen LogP contribution in [0.4, 0.5) is 5.00 Å². The first kappa shape index (κ1) is 16.5. The predicted molar refractivity (Wildman–Crippen MR) is 99.0 cm³/mol. The topological polar surface area (TPSA) is 70.6 Å². The Kier molecular flexibility index (Phi) is 4.04. The maximum atomic E-state index is 12.7. The third kappa shape index (κ3) is 2.73. The zero-order chi connectivity index (χ0) is 17.7. The molecule has 25 heavy (non-hydrogen) atoms.